The highest BCUT2D eigenvalue weighted by molar-refractivity contribution is 6.40. The molecular formula is C16H21B2N. The van der Waals surface area contributed by atoms with E-state index in [0.29, 0.717) is 0 Å². The van der Waals surface area contributed by atoms with Crippen LogP contribution in [0.3, 0.4) is 0 Å². The summed E-state index contributed by atoms with van der Waals surface area (Å²) in [6.07, 6.45) is 2.02. The summed E-state index contributed by atoms with van der Waals surface area (Å²) in [5, 5.41) is 0.106. The van der Waals surface area contributed by atoms with Crippen LogP contribution >= 0.6 is 0 Å². The molecule has 0 amide bonds. The molecule has 0 saturated carbocycles. The van der Waals surface area contributed by atoms with Gasteiger partial charge >= 0.3 is 0 Å². The topological polar surface area (TPSA) is 12.9 Å². The number of benzene rings is 1. The van der Waals surface area contributed by atoms with Crippen LogP contribution in [-0.4, -0.2) is 20.7 Å². The molecule has 3 heteroatoms. The van der Waals surface area contributed by atoms with Crippen LogP contribution in [0.25, 0.3) is 11.3 Å². The first-order chi connectivity index (χ1) is 8.82. The molecule has 0 radical (unpaired) electrons. The zero-order chi connectivity index (χ0) is 14.1. The molecule has 1 aromatic carbocycles. The molecule has 19 heavy (non-hydrogen) atoms. The van der Waals surface area contributed by atoms with Crippen molar-refractivity contribution in [2.24, 2.45) is 5.41 Å². The van der Waals surface area contributed by atoms with Gasteiger partial charge in [0.1, 0.15) is 15.7 Å². The predicted octanol–water partition coefficient (Wildman–Crippen LogP) is 2.21. The first-order valence-electron chi connectivity index (χ1n) is 6.84. The van der Waals surface area contributed by atoms with Crippen molar-refractivity contribution in [2.45, 2.75) is 26.0 Å². The highest BCUT2D eigenvalue weighted by Crippen LogP contribution is 2.36. The SMILES string of the molecule is BC(B)(c1ccc(-c2ccccc2)nc1)C(C)(C)C. The monoisotopic (exact) mass is 249 g/mol. The van der Waals surface area contributed by atoms with Gasteiger partial charge in [0.15, 0.2) is 0 Å². The summed E-state index contributed by atoms with van der Waals surface area (Å²) in [6.45, 7) is 6.83. The molecule has 1 nitrogen and oxygen atoms in total. The molecule has 0 aliphatic heterocycles. The Bertz CT molecular complexity index is 539. The van der Waals surface area contributed by atoms with E-state index in [-0.39, 0.29) is 10.6 Å². The maximum atomic E-state index is 4.63. The van der Waals surface area contributed by atoms with Crippen molar-refractivity contribution >= 4 is 15.7 Å². The van der Waals surface area contributed by atoms with Crippen molar-refractivity contribution < 1.29 is 0 Å². The minimum Gasteiger partial charge on any atom is -0.256 e. The molecule has 0 aliphatic carbocycles. The van der Waals surface area contributed by atoms with Gasteiger partial charge in [-0.15, -0.1) is 0 Å². The smallest absolute Gasteiger partial charge is 0.105 e. The van der Waals surface area contributed by atoms with E-state index in [2.05, 4.69) is 65.7 Å². The van der Waals surface area contributed by atoms with E-state index < -0.39 is 0 Å². The summed E-state index contributed by atoms with van der Waals surface area (Å²) in [5.41, 5.74) is 3.71. The Labute approximate surface area is 118 Å². The van der Waals surface area contributed by atoms with Crippen molar-refractivity contribution in [3.8, 4) is 11.3 Å². The lowest BCUT2D eigenvalue weighted by Crippen LogP contribution is -2.41. The average molecular weight is 249 g/mol. The minimum atomic E-state index is 0.106. The second-order valence-corrected chi connectivity index (χ2v) is 6.67. The molecule has 1 aromatic heterocycles. The Morgan fingerprint density at radius 1 is 0.895 bits per heavy atom. The molecule has 0 atom stereocenters. The van der Waals surface area contributed by atoms with Crippen LogP contribution < -0.4 is 0 Å². The van der Waals surface area contributed by atoms with Crippen molar-refractivity contribution in [1.29, 1.82) is 0 Å². The molecule has 0 aliphatic rings. The molecule has 0 bridgehead atoms. The van der Waals surface area contributed by atoms with E-state index in [9.17, 15) is 0 Å². The second-order valence-electron chi connectivity index (χ2n) is 6.67. The summed E-state index contributed by atoms with van der Waals surface area (Å²) in [7, 11) is 4.57. The molecule has 0 fully saturated rings. The standard InChI is InChI=1S/C16H21B2N/c1-15(2,3)16(17,18)13-9-10-14(19-11-13)12-7-5-4-6-8-12/h4-11H,17-18H2,1-3H3. The van der Waals surface area contributed by atoms with Gasteiger partial charge in [-0.25, -0.2) is 0 Å². The van der Waals surface area contributed by atoms with Gasteiger partial charge in [0, 0.05) is 11.8 Å². The molecular weight excluding hydrogens is 228 g/mol. The summed E-state index contributed by atoms with van der Waals surface area (Å²) < 4.78 is 0. The fraction of sp³-hybridized carbons (Fsp3) is 0.312. The van der Waals surface area contributed by atoms with Gasteiger partial charge in [-0.2, -0.15) is 0 Å². The van der Waals surface area contributed by atoms with Crippen LogP contribution in [-0.2, 0) is 5.21 Å². The third kappa shape index (κ3) is 2.75. The maximum absolute atomic E-state index is 4.63. The van der Waals surface area contributed by atoms with Crippen LogP contribution in [0, 0.1) is 5.41 Å². The van der Waals surface area contributed by atoms with E-state index in [0.717, 1.165) is 5.69 Å². The molecule has 1 heterocycles. The van der Waals surface area contributed by atoms with Crippen molar-refractivity contribution in [2.75, 3.05) is 0 Å². The van der Waals surface area contributed by atoms with Crippen LogP contribution in [0.5, 0.6) is 0 Å². The Morgan fingerprint density at radius 3 is 2.00 bits per heavy atom. The van der Waals surface area contributed by atoms with Gasteiger partial charge in [-0.1, -0.05) is 62.4 Å². The first kappa shape index (κ1) is 13.9. The number of pyridine rings is 1. The highest BCUT2D eigenvalue weighted by atomic mass is 14.7. The van der Waals surface area contributed by atoms with E-state index in [1.54, 1.807) is 0 Å². The lowest BCUT2D eigenvalue weighted by atomic mass is 9.41. The minimum absolute atomic E-state index is 0.106. The molecule has 0 spiro atoms. The van der Waals surface area contributed by atoms with E-state index in [4.69, 9.17) is 0 Å². The largest absolute Gasteiger partial charge is 0.256 e. The number of aromatic nitrogens is 1. The lowest BCUT2D eigenvalue weighted by molar-refractivity contribution is 0.358. The molecule has 0 saturated heterocycles. The van der Waals surface area contributed by atoms with Gasteiger partial charge in [0.05, 0.1) is 5.69 Å². The van der Waals surface area contributed by atoms with Crippen molar-refractivity contribution in [3.63, 3.8) is 0 Å². The Morgan fingerprint density at radius 2 is 1.53 bits per heavy atom. The van der Waals surface area contributed by atoms with Crippen molar-refractivity contribution in [3.05, 3.63) is 54.2 Å². The lowest BCUT2D eigenvalue weighted by Gasteiger charge is -2.39. The fourth-order valence-corrected chi connectivity index (χ4v) is 1.98. The van der Waals surface area contributed by atoms with Gasteiger partial charge in [0.25, 0.3) is 0 Å². The molecule has 2 aromatic rings. The summed E-state index contributed by atoms with van der Waals surface area (Å²) >= 11 is 0. The fourth-order valence-electron chi connectivity index (χ4n) is 1.98. The normalized spacial score (nSPS) is 12.4. The Balaban J connectivity index is 2.35. The number of hydrogen-bond acceptors (Lipinski definition) is 1. The van der Waals surface area contributed by atoms with Crippen LogP contribution in [0.4, 0.5) is 0 Å². The van der Waals surface area contributed by atoms with Gasteiger partial charge < -0.3 is 0 Å². The van der Waals surface area contributed by atoms with Crippen molar-refractivity contribution in [1.82, 2.24) is 4.98 Å². The van der Waals surface area contributed by atoms with Gasteiger partial charge in [-0.05, 0) is 17.0 Å². The van der Waals surface area contributed by atoms with Gasteiger partial charge in [-0.3, -0.25) is 4.98 Å². The van der Waals surface area contributed by atoms with Crippen LogP contribution in [0.15, 0.2) is 48.7 Å². The number of rotatable bonds is 2. The summed E-state index contributed by atoms with van der Waals surface area (Å²) in [5.74, 6) is 0. The quantitative estimate of drug-likeness (QED) is 0.743. The van der Waals surface area contributed by atoms with Gasteiger partial charge in [0.2, 0.25) is 0 Å². The van der Waals surface area contributed by atoms with E-state index in [1.807, 2.05) is 24.4 Å². The third-order valence-corrected chi connectivity index (χ3v) is 4.43. The van der Waals surface area contributed by atoms with E-state index >= 15 is 0 Å². The summed E-state index contributed by atoms with van der Waals surface area (Å²) in [6, 6.07) is 14.6. The number of nitrogens with zero attached hydrogens (tertiary/aromatic N) is 1. The number of hydrogen-bond donors (Lipinski definition) is 0. The molecule has 0 N–H and O–H groups in total. The Kier molecular flexibility index (Phi) is 3.58. The molecule has 96 valence electrons. The average Bonchev–Trinajstić information content (AvgIpc) is 2.39. The third-order valence-electron chi connectivity index (χ3n) is 4.43. The highest BCUT2D eigenvalue weighted by Gasteiger charge is 2.34. The second kappa shape index (κ2) is 4.88. The molecule has 2 rings (SSSR count). The van der Waals surface area contributed by atoms with Crippen LogP contribution in [0.1, 0.15) is 26.3 Å². The predicted molar refractivity (Wildman–Crippen MR) is 87.9 cm³/mol. The van der Waals surface area contributed by atoms with Crippen LogP contribution in [0.2, 0.25) is 0 Å². The first-order valence-corrected chi connectivity index (χ1v) is 6.84. The zero-order valence-corrected chi connectivity index (χ0v) is 12.6. The zero-order valence-electron chi connectivity index (χ0n) is 12.6. The van der Waals surface area contributed by atoms with E-state index in [1.165, 1.54) is 11.1 Å². The summed E-state index contributed by atoms with van der Waals surface area (Å²) in [4.78, 5) is 4.63. The molecule has 0 unspecified atom stereocenters. The Hall–Kier alpha value is -1.50. The maximum Gasteiger partial charge on any atom is 0.105 e.